The van der Waals surface area contributed by atoms with Gasteiger partial charge in [-0.1, -0.05) is 72.8 Å². The minimum atomic E-state index is -2.59. The minimum absolute atomic E-state index is 0.237. The third-order valence-electron chi connectivity index (χ3n) is 4.33. The fourth-order valence-corrected chi connectivity index (χ4v) is 6.09. The predicted molar refractivity (Wildman–Crippen MR) is 104 cm³/mol. The van der Waals surface area contributed by atoms with E-state index in [1.807, 2.05) is 79.7 Å². The Morgan fingerprint density at radius 2 is 1.28 bits per heavy atom. The van der Waals surface area contributed by atoms with E-state index in [1.54, 1.807) is 6.07 Å². The van der Waals surface area contributed by atoms with Crippen LogP contribution in [0.3, 0.4) is 0 Å². The summed E-state index contributed by atoms with van der Waals surface area (Å²) in [4.78, 5) is 0. The van der Waals surface area contributed by atoms with Crippen molar-refractivity contribution >= 4 is 7.14 Å². The van der Waals surface area contributed by atoms with Crippen LogP contribution in [0.25, 0.3) is 0 Å². The first-order valence-electron chi connectivity index (χ1n) is 8.47. The van der Waals surface area contributed by atoms with E-state index in [0.29, 0.717) is 18.5 Å². The van der Waals surface area contributed by atoms with Crippen LogP contribution in [-0.4, -0.2) is 5.11 Å². The average molecular weight is 350 g/mol. The number of hydrogen-bond donors (Lipinski definition) is 1. The molecule has 0 fully saturated rings. The highest BCUT2D eigenvalue weighted by molar-refractivity contribution is 7.61. The van der Waals surface area contributed by atoms with Crippen molar-refractivity contribution in [2.75, 3.05) is 0 Å². The van der Waals surface area contributed by atoms with Crippen LogP contribution in [0.2, 0.25) is 0 Å². The Hall–Kier alpha value is -2.31. The highest BCUT2D eigenvalue weighted by Gasteiger charge is 2.25. The number of aromatic hydroxyl groups is 1. The summed E-state index contributed by atoms with van der Waals surface area (Å²) in [7, 11) is -2.59. The van der Waals surface area contributed by atoms with Crippen LogP contribution in [-0.2, 0) is 23.1 Å². The summed E-state index contributed by atoms with van der Waals surface area (Å²) in [6, 6.07) is 25.5. The number of aryl methyl sites for hydroxylation is 1. The summed E-state index contributed by atoms with van der Waals surface area (Å²) < 4.78 is 13.8. The van der Waals surface area contributed by atoms with Crippen LogP contribution in [0.5, 0.6) is 5.75 Å². The summed E-state index contributed by atoms with van der Waals surface area (Å²) in [5.74, 6) is 0.237. The monoisotopic (exact) mass is 350 g/mol. The van der Waals surface area contributed by atoms with Crippen LogP contribution < -0.4 is 0 Å². The van der Waals surface area contributed by atoms with Crippen LogP contribution in [0.1, 0.15) is 22.3 Å². The largest absolute Gasteiger partial charge is 0.508 e. The Morgan fingerprint density at radius 1 is 0.760 bits per heavy atom. The van der Waals surface area contributed by atoms with Gasteiger partial charge in [-0.2, -0.15) is 0 Å². The summed E-state index contributed by atoms with van der Waals surface area (Å²) in [5.41, 5.74) is 3.92. The molecule has 3 rings (SSSR count). The second kappa shape index (κ2) is 7.72. The van der Waals surface area contributed by atoms with Gasteiger partial charge in [-0.15, -0.1) is 0 Å². The topological polar surface area (TPSA) is 37.3 Å². The van der Waals surface area contributed by atoms with Gasteiger partial charge >= 0.3 is 0 Å². The standard InChI is InChI=1S/C22H23O2P/c1-18-12-13-21(22(23)14-18)17-25(24,15-19-8-4-2-5-9-19)16-20-10-6-3-7-11-20/h2-14,23H,15-17H2,1H3. The van der Waals surface area contributed by atoms with Gasteiger partial charge in [0.05, 0.1) is 0 Å². The molecule has 0 unspecified atom stereocenters. The van der Waals surface area contributed by atoms with E-state index < -0.39 is 7.14 Å². The third-order valence-corrected chi connectivity index (χ3v) is 7.13. The van der Waals surface area contributed by atoms with E-state index in [9.17, 15) is 9.67 Å². The first-order valence-corrected chi connectivity index (χ1v) is 10.7. The van der Waals surface area contributed by atoms with Gasteiger partial charge < -0.3 is 9.67 Å². The molecule has 3 aromatic rings. The lowest BCUT2D eigenvalue weighted by Crippen LogP contribution is -1.98. The van der Waals surface area contributed by atoms with Gasteiger partial charge in [-0.05, 0) is 29.7 Å². The van der Waals surface area contributed by atoms with Gasteiger partial charge in [0.2, 0.25) is 0 Å². The van der Waals surface area contributed by atoms with Crippen molar-refractivity contribution in [2.45, 2.75) is 25.4 Å². The number of phenolic OH excluding ortho intramolecular Hbond substituents is 1. The molecule has 0 aromatic heterocycles. The first-order chi connectivity index (χ1) is 12.0. The molecule has 1 N–H and O–H groups in total. The second-order valence-corrected chi connectivity index (χ2v) is 9.70. The lowest BCUT2D eigenvalue weighted by atomic mass is 10.1. The van der Waals surface area contributed by atoms with Crippen molar-refractivity contribution < 1.29 is 9.67 Å². The highest BCUT2D eigenvalue weighted by atomic mass is 31.2. The van der Waals surface area contributed by atoms with Crippen molar-refractivity contribution in [1.82, 2.24) is 0 Å². The molecule has 3 heteroatoms. The molecular formula is C22H23O2P. The van der Waals surface area contributed by atoms with Gasteiger partial charge in [-0.3, -0.25) is 0 Å². The normalized spacial score (nSPS) is 11.4. The molecule has 0 aliphatic rings. The van der Waals surface area contributed by atoms with Crippen molar-refractivity contribution in [2.24, 2.45) is 0 Å². The minimum Gasteiger partial charge on any atom is -0.508 e. The number of phenols is 1. The Bertz CT molecular complexity index is 828. The second-order valence-electron chi connectivity index (χ2n) is 6.64. The summed E-state index contributed by atoms with van der Waals surface area (Å²) in [6.07, 6.45) is 1.48. The van der Waals surface area contributed by atoms with E-state index in [0.717, 1.165) is 22.3 Å². The average Bonchev–Trinajstić information content (AvgIpc) is 2.59. The molecule has 0 amide bonds. The van der Waals surface area contributed by atoms with Gasteiger partial charge in [0.25, 0.3) is 0 Å². The van der Waals surface area contributed by atoms with Crippen molar-refractivity contribution in [3.63, 3.8) is 0 Å². The predicted octanol–water partition coefficient (Wildman–Crippen LogP) is 5.96. The lowest BCUT2D eigenvalue weighted by Gasteiger charge is -2.20. The zero-order valence-electron chi connectivity index (χ0n) is 14.4. The van der Waals surface area contributed by atoms with Gasteiger partial charge in [0, 0.05) is 24.0 Å². The Balaban J connectivity index is 1.91. The van der Waals surface area contributed by atoms with Gasteiger partial charge in [-0.25, -0.2) is 0 Å². The zero-order chi connectivity index (χ0) is 17.7. The third kappa shape index (κ3) is 4.84. The Morgan fingerprint density at radius 3 is 1.76 bits per heavy atom. The van der Waals surface area contributed by atoms with Gasteiger partial charge in [0.1, 0.15) is 12.9 Å². The van der Waals surface area contributed by atoms with E-state index in [1.165, 1.54) is 0 Å². The molecule has 0 radical (unpaired) electrons. The van der Waals surface area contributed by atoms with Crippen LogP contribution in [0, 0.1) is 6.92 Å². The maximum atomic E-state index is 13.8. The van der Waals surface area contributed by atoms with E-state index in [-0.39, 0.29) is 5.75 Å². The summed E-state index contributed by atoms with van der Waals surface area (Å²) in [6.45, 7) is 1.94. The molecule has 0 atom stereocenters. The first kappa shape index (κ1) is 17.5. The highest BCUT2D eigenvalue weighted by Crippen LogP contribution is 2.56. The molecule has 128 valence electrons. The zero-order valence-corrected chi connectivity index (χ0v) is 15.3. The molecule has 0 saturated carbocycles. The Labute approximate surface area is 149 Å². The molecule has 2 nitrogen and oxygen atoms in total. The molecule has 3 aromatic carbocycles. The molecular weight excluding hydrogens is 327 g/mol. The van der Waals surface area contributed by atoms with E-state index in [2.05, 4.69) is 0 Å². The van der Waals surface area contributed by atoms with Crippen molar-refractivity contribution in [1.29, 1.82) is 0 Å². The van der Waals surface area contributed by atoms with Crippen LogP contribution >= 0.6 is 7.14 Å². The molecule has 0 aliphatic carbocycles. The number of rotatable bonds is 6. The SMILES string of the molecule is Cc1ccc(CP(=O)(Cc2ccccc2)Cc2ccccc2)c(O)c1. The van der Waals surface area contributed by atoms with E-state index >= 15 is 0 Å². The summed E-state index contributed by atoms with van der Waals surface area (Å²) >= 11 is 0. The smallest absolute Gasteiger partial charge is 0.119 e. The van der Waals surface area contributed by atoms with Crippen LogP contribution in [0.15, 0.2) is 78.9 Å². The van der Waals surface area contributed by atoms with Crippen LogP contribution in [0.4, 0.5) is 0 Å². The van der Waals surface area contributed by atoms with Crippen molar-refractivity contribution in [3.8, 4) is 5.75 Å². The number of benzene rings is 3. The quantitative estimate of drug-likeness (QED) is 0.557. The lowest BCUT2D eigenvalue weighted by molar-refractivity contribution is 0.469. The summed E-state index contributed by atoms with van der Waals surface area (Å²) in [5, 5.41) is 10.3. The van der Waals surface area contributed by atoms with Crippen molar-refractivity contribution in [3.05, 3.63) is 101 Å². The maximum absolute atomic E-state index is 13.8. The molecule has 25 heavy (non-hydrogen) atoms. The molecule has 0 heterocycles. The molecule has 0 saturated heterocycles. The van der Waals surface area contributed by atoms with E-state index in [4.69, 9.17) is 0 Å². The maximum Gasteiger partial charge on any atom is 0.119 e. The fourth-order valence-electron chi connectivity index (χ4n) is 3.12. The molecule has 0 spiro atoms. The number of hydrogen-bond acceptors (Lipinski definition) is 2. The fraction of sp³-hybridized carbons (Fsp3) is 0.182. The Kier molecular flexibility index (Phi) is 5.40. The molecule has 0 aliphatic heterocycles. The molecule has 0 bridgehead atoms. The van der Waals surface area contributed by atoms with Gasteiger partial charge in [0.15, 0.2) is 0 Å².